The molecule has 0 spiro atoms. The van der Waals surface area contributed by atoms with Gasteiger partial charge in [-0.15, -0.1) is 0 Å². The van der Waals surface area contributed by atoms with E-state index in [4.69, 9.17) is 4.74 Å². The van der Waals surface area contributed by atoms with Crippen molar-refractivity contribution < 1.29 is 24.2 Å². The number of ether oxygens (including phenoxy) is 1. The van der Waals surface area contributed by atoms with Crippen molar-refractivity contribution in [1.29, 1.82) is 0 Å². The van der Waals surface area contributed by atoms with Crippen molar-refractivity contribution in [2.45, 2.75) is 99.3 Å². The van der Waals surface area contributed by atoms with Crippen molar-refractivity contribution in [2.75, 3.05) is 19.0 Å². The Bertz CT molecular complexity index is 1830. The quantitative estimate of drug-likeness (QED) is 0.195. The zero-order valence-electron chi connectivity index (χ0n) is 32.9. The molecule has 3 N–H and O–H groups in total. The van der Waals surface area contributed by atoms with Gasteiger partial charge in [0.2, 0.25) is 0 Å². The number of esters is 1. The number of benzene rings is 2. The van der Waals surface area contributed by atoms with Crippen molar-refractivity contribution >= 4 is 29.2 Å². The Labute approximate surface area is 316 Å². The molecule has 7 nitrogen and oxygen atoms in total. The lowest BCUT2D eigenvalue weighted by Gasteiger charge is -2.72. The molecular weight excluding hydrogens is 661 g/mol. The standard InChI is InChI=1S/C46H60N2O5/c1-28(2)33-19-24-46(27-47-41(52)48-32-15-13-31(14-16-32)40(51)53-8)26-25-44(6)35(38(33)46)17-18-37-43(5)22-20-34(29-9-11-30(12-10-29)39(49)50)42(3,4)36(43)21-23-45(37,44)7/h9-16,20,33,35-38H,1,17-19,21-27H2,2-8H3,(H,49,50)(H2,47,48,52)/t33-,35+,36-,37?,38+,43-,44+,45+,46+/m0/s1. The van der Waals surface area contributed by atoms with Crippen molar-refractivity contribution in [1.82, 2.24) is 5.32 Å². The fraction of sp³-hybridized carbons (Fsp3) is 0.587. The Balaban J connectivity index is 1.13. The summed E-state index contributed by atoms with van der Waals surface area (Å²) >= 11 is 0. The number of rotatable bonds is 7. The normalized spacial score (nSPS) is 36.7. The van der Waals surface area contributed by atoms with Crippen LogP contribution in [0.4, 0.5) is 10.5 Å². The summed E-state index contributed by atoms with van der Waals surface area (Å²) in [6, 6.07) is 14.1. The molecule has 4 saturated carbocycles. The summed E-state index contributed by atoms with van der Waals surface area (Å²) in [7, 11) is 1.36. The molecule has 7 heteroatoms. The van der Waals surface area contributed by atoms with E-state index in [0.29, 0.717) is 52.9 Å². The zero-order chi connectivity index (χ0) is 38.1. The van der Waals surface area contributed by atoms with Gasteiger partial charge < -0.3 is 20.5 Å². The highest BCUT2D eigenvalue weighted by Gasteiger charge is 2.70. The monoisotopic (exact) mass is 720 g/mol. The summed E-state index contributed by atoms with van der Waals surface area (Å²) in [6.45, 7) is 20.2. The van der Waals surface area contributed by atoms with Crippen LogP contribution in [0.25, 0.3) is 5.57 Å². The third-order valence-electron chi connectivity index (χ3n) is 16.4. The molecular formula is C46H60N2O5. The van der Waals surface area contributed by atoms with Gasteiger partial charge in [0.05, 0.1) is 18.2 Å². The van der Waals surface area contributed by atoms with Gasteiger partial charge in [-0.05, 0) is 169 Å². The highest BCUT2D eigenvalue weighted by molar-refractivity contribution is 5.92. The molecule has 2 amide bonds. The minimum atomic E-state index is -0.883. The molecule has 284 valence electrons. The Kier molecular flexibility index (Phi) is 9.30. The van der Waals surface area contributed by atoms with E-state index in [1.165, 1.54) is 50.4 Å². The van der Waals surface area contributed by atoms with Gasteiger partial charge in [-0.25, -0.2) is 14.4 Å². The molecule has 1 unspecified atom stereocenters. The second kappa shape index (κ2) is 13.2. The number of hydrogen-bond donors (Lipinski definition) is 3. The van der Waals surface area contributed by atoms with Gasteiger partial charge in [-0.1, -0.05) is 65.0 Å². The molecule has 7 rings (SSSR count). The summed E-state index contributed by atoms with van der Waals surface area (Å²) in [4.78, 5) is 36.8. The van der Waals surface area contributed by atoms with E-state index in [-0.39, 0.29) is 33.1 Å². The average Bonchev–Trinajstić information content (AvgIpc) is 3.51. The van der Waals surface area contributed by atoms with Crippen molar-refractivity contribution in [3.8, 4) is 0 Å². The number of nitrogens with one attached hydrogen (secondary N) is 2. The number of aromatic carboxylic acids is 1. The van der Waals surface area contributed by atoms with E-state index >= 15 is 0 Å². The predicted octanol–water partition coefficient (Wildman–Crippen LogP) is 10.6. The first-order chi connectivity index (χ1) is 25.0. The molecule has 0 bridgehead atoms. The molecule has 0 aromatic heterocycles. The topological polar surface area (TPSA) is 105 Å². The molecule has 5 aliphatic rings. The number of urea groups is 1. The largest absolute Gasteiger partial charge is 0.478 e. The summed E-state index contributed by atoms with van der Waals surface area (Å²) < 4.78 is 4.81. The van der Waals surface area contributed by atoms with Crippen LogP contribution in [0.2, 0.25) is 0 Å². The molecule has 0 saturated heterocycles. The molecule has 0 heterocycles. The van der Waals surface area contributed by atoms with Gasteiger partial charge in [0, 0.05) is 12.2 Å². The molecule has 9 atom stereocenters. The second-order valence-electron chi connectivity index (χ2n) is 18.9. The maximum Gasteiger partial charge on any atom is 0.337 e. The molecule has 53 heavy (non-hydrogen) atoms. The summed E-state index contributed by atoms with van der Waals surface area (Å²) in [5.41, 5.74) is 5.86. The number of carboxylic acid groups (broad SMARTS) is 1. The number of amides is 2. The number of allylic oxidation sites excluding steroid dienone is 3. The fourth-order valence-corrected chi connectivity index (χ4v) is 13.7. The van der Waals surface area contributed by atoms with Crippen LogP contribution in [0.1, 0.15) is 126 Å². The van der Waals surface area contributed by atoms with Crippen LogP contribution in [-0.4, -0.2) is 36.7 Å². The molecule has 2 aromatic rings. The van der Waals surface area contributed by atoms with Crippen molar-refractivity contribution in [2.24, 2.45) is 56.7 Å². The second-order valence-corrected chi connectivity index (χ2v) is 18.9. The number of anilines is 1. The Morgan fingerprint density at radius 3 is 2.15 bits per heavy atom. The lowest BCUT2D eigenvalue weighted by atomic mass is 9.32. The van der Waals surface area contributed by atoms with E-state index in [9.17, 15) is 19.5 Å². The number of carbonyl (C=O) groups excluding carboxylic acids is 2. The summed E-state index contributed by atoms with van der Waals surface area (Å²) in [5, 5.41) is 15.8. The molecule has 0 radical (unpaired) electrons. The van der Waals surface area contributed by atoms with Crippen molar-refractivity contribution in [3.63, 3.8) is 0 Å². The Morgan fingerprint density at radius 1 is 0.830 bits per heavy atom. The van der Waals surface area contributed by atoms with Crippen LogP contribution < -0.4 is 10.6 Å². The van der Waals surface area contributed by atoms with E-state index in [1.54, 1.807) is 36.4 Å². The van der Waals surface area contributed by atoms with Crippen molar-refractivity contribution in [3.05, 3.63) is 83.4 Å². The van der Waals surface area contributed by atoms with Gasteiger partial charge >= 0.3 is 18.0 Å². The van der Waals surface area contributed by atoms with Gasteiger partial charge in [0.25, 0.3) is 0 Å². The van der Waals surface area contributed by atoms with Crippen LogP contribution in [0.5, 0.6) is 0 Å². The maximum atomic E-state index is 13.3. The minimum Gasteiger partial charge on any atom is -0.478 e. The SMILES string of the molecule is C=C(C)[C@@H]1CC[C@]2(CNC(=O)Nc3ccc(C(=O)OC)cc3)CC[C@]3(C)[C@H](CCC4[C@@]5(C)CC=C(c6ccc(C(=O)O)cc6)C(C)(C)[C@@H]5CC[C@]43C)[C@@H]12. The van der Waals surface area contributed by atoms with E-state index in [2.05, 4.69) is 64.8 Å². The Hall–Kier alpha value is -3.87. The Morgan fingerprint density at radius 2 is 1.51 bits per heavy atom. The van der Waals surface area contributed by atoms with Crippen LogP contribution in [0.15, 0.2) is 66.8 Å². The lowest BCUT2D eigenvalue weighted by Crippen LogP contribution is -2.66. The van der Waals surface area contributed by atoms with Crippen LogP contribution in [0, 0.1) is 56.7 Å². The average molecular weight is 721 g/mol. The van der Waals surface area contributed by atoms with Crippen LogP contribution in [-0.2, 0) is 4.74 Å². The van der Waals surface area contributed by atoms with E-state index in [0.717, 1.165) is 31.2 Å². The minimum absolute atomic E-state index is 0.0231. The maximum absolute atomic E-state index is 13.3. The first-order valence-corrected chi connectivity index (χ1v) is 19.9. The van der Waals surface area contributed by atoms with Gasteiger partial charge in [0.15, 0.2) is 0 Å². The summed E-state index contributed by atoms with van der Waals surface area (Å²) in [5.74, 6) is 1.42. The smallest absolute Gasteiger partial charge is 0.337 e. The number of hydrogen-bond acceptors (Lipinski definition) is 4. The van der Waals surface area contributed by atoms with Gasteiger partial charge in [0.1, 0.15) is 0 Å². The van der Waals surface area contributed by atoms with Crippen LogP contribution >= 0.6 is 0 Å². The number of carbonyl (C=O) groups is 3. The van der Waals surface area contributed by atoms with E-state index < -0.39 is 11.9 Å². The first kappa shape index (κ1) is 37.4. The predicted molar refractivity (Wildman–Crippen MR) is 211 cm³/mol. The highest BCUT2D eigenvalue weighted by Crippen LogP contribution is 2.77. The molecule has 4 fully saturated rings. The number of fused-ring (bicyclic) bond motifs is 7. The van der Waals surface area contributed by atoms with E-state index in [1.807, 2.05) is 12.1 Å². The van der Waals surface area contributed by atoms with Crippen LogP contribution in [0.3, 0.4) is 0 Å². The highest BCUT2D eigenvalue weighted by atomic mass is 16.5. The summed E-state index contributed by atoms with van der Waals surface area (Å²) in [6.07, 6.45) is 13.0. The third-order valence-corrected chi connectivity index (χ3v) is 16.4. The number of carboxylic acids is 1. The molecule has 2 aromatic carbocycles. The van der Waals surface area contributed by atoms with Gasteiger partial charge in [-0.2, -0.15) is 0 Å². The lowest BCUT2D eigenvalue weighted by molar-refractivity contribution is -0.224. The molecule has 5 aliphatic carbocycles. The number of methoxy groups -OCH3 is 1. The molecule has 0 aliphatic heterocycles. The fourth-order valence-electron chi connectivity index (χ4n) is 13.7. The van der Waals surface area contributed by atoms with Gasteiger partial charge in [-0.3, -0.25) is 0 Å². The zero-order valence-corrected chi connectivity index (χ0v) is 32.9. The third kappa shape index (κ3) is 5.78. The first-order valence-electron chi connectivity index (χ1n) is 19.9.